The van der Waals surface area contributed by atoms with Crippen LogP contribution in [0, 0.1) is 0 Å². The first-order valence-electron chi connectivity index (χ1n) is 4.16. The van der Waals surface area contributed by atoms with Crippen LogP contribution in [0.15, 0.2) is 11.1 Å². The molecular formula is C8H9NO4S. The van der Waals surface area contributed by atoms with E-state index in [1.54, 1.807) is 5.41 Å². The summed E-state index contributed by atoms with van der Waals surface area (Å²) in [4.78, 5) is 23.8. The fourth-order valence-corrected chi connectivity index (χ4v) is 2.43. The number of hydrogen-bond donors (Lipinski definition) is 1. The first-order valence-corrected chi connectivity index (χ1v) is 5.10. The summed E-state index contributed by atoms with van der Waals surface area (Å²) >= 11 is 1.42. The number of carbonyl (C=O) groups excluding carboxylic acids is 2. The molecule has 2 rings (SSSR count). The molecule has 0 spiro atoms. The van der Waals surface area contributed by atoms with Gasteiger partial charge in [-0.1, -0.05) is 0 Å². The normalized spacial score (nSPS) is 26.4. The SMILES string of the molecule is C[C@H](O)OC(=O)C1=CS[C@H]2CC(=O)N12. The van der Waals surface area contributed by atoms with Gasteiger partial charge in [-0.2, -0.15) is 0 Å². The minimum atomic E-state index is -1.15. The van der Waals surface area contributed by atoms with Crippen LogP contribution in [0.25, 0.3) is 0 Å². The van der Waals surface area contributed by atoms with Crippen LogP contribution >= 0.6 is 11.8 Å². The molecule has 0 aliphatic carbocycles. The van der Waals surface area contributed by atoms with Gasteiger partial charge in [0.2, 0.25) is 5.91 Å². The van der Waals surface area contributed by atoms with Gasteiger partial charge in [-0.15, -0.1) is 11.8 Å². The number of carbonyl (C=O) groups is 2. The first-order chi connectivity index (χ1) is 6.59. The van der Waals surface area contributed by atoms with Crippen LogP contribution in [0.1, 0.15) is 13.3 Å². The maximum atomic E-state index is 11.3. The van der Waals surface area contributed by atoms with E-state index in [9.17, 15) is 9.59 Å². The highest BCUT2D eigenvalue weighted by atomic mass is 32.2. The Labute approximate surface area is 84.7 Å². The van der Waals surface area contributed by atoms with Crippen molar-refractivity contribution in [1.82, 2.24) is 4.90 Å². The predicted octanol–water partition coefficient (Wildman–Crippen LogP) is 0.0145. The van der Waals surface area contributed by atoms with Gasteiger partial charge in [0.1, 0.15) is 5.70 Å². The summed E-state index contributed by atoms with van der Waals surface area (Å²) < 4.78 is 4.58. The van der Waals surface area contributed by atoms with E-state index in [4.69, 9.17) is 5.11 Å². The van der Waals surface area contributed by atoms with Crippen LogP contribution in [0.4, 0.5) is 0 Å². The molecule has 1 fully saturated rings. The summed E-state index contributed by atoms with van der Waals surface area (Å²) in [7, 11) is 0. The highest BCUT2D eigenvalue weighted by Crippen LogP contribution is 2.40. The highest BCUT2D eigenvalue weighted by molar-refractivity contribution is 8.03. The zero-order chi connectivity index (χ0) is 10.3. The lowest BCUT2D eigenvalue weighted by Crippen LogP contribution is -2.48. The van der Waals surface area contributed by atoms with Crippen LogP contribution < -0.4 is 0 Å². The molecule has 2 heterocycles. The molecule has 2 aliphatic rings. The summed E-state index contributed by atoms with van der Waals surface area (Å²) in [5, 5.41) is 10.5. The predicted molar refractivity (Wildman–Crippen MR) is 48.7 cm³/mol. The summed E-state index contributed by atoms with van der Waals surface area (Å²) in [6, 6.07) is 0. The van der Waals surface area contributed by atoms with Crippen molar-refractivity contribution in [3.8, 4) is 0 Å². The van der Waals surface area contributed by atoms with Crippen LogP contribution in [-0.4, -0.2) is 33.5 Å². The molecule has 0 bridgehead atoms. The molecule has 0 aromatic rings. The molecule has 1 amide bonds. The fourth-order valence-electron chi connectivity index (χ4n) is 1.35. The molecule has 0 saturated carbocycles. The molecule has 5 nitrogen and oxygen atoms in total. The lowest BCUT2D eigenvalue weighted by molar-refractivity contribution is -0.164. The molecule has 1 saturated heterocycles. The van der Waals surface area contributed by atoms with Crippen molar-refractivity contribution in [1.29, 1.82) is 0 Å². The van der Waals surface area contributed by atoms with Crippen molar-refractivity contribution in [2.24, 2.45) is 0 Å². The monoisotopic (exact) mass is 215 g/mol. The van der Waals surface area contributed by atoms with E-state index in [0.29, 0.717) is 6.42 Å². The van der Waals surface area contributed by atoms with Gasteiger partial charge in [0, 0.05) is 5.41 Å². The Morgan fingerprint density at radius 1 is 1.86 bits per heavy atom. The maximum Gasteiger partial charge on any atom is 0.357 e. The summed E-state index contributed by atoms with van der Waals surface area (Å²) in [5.74, 6) is -0.725. The Morgan fingerprint density at radius 3 is 3.14 bits per heavy atom. The molecule has 14 heavy (non-hydrogen) atoms. The molecule has 2 aliphatic heterocycles. The number of nitrogens with zero attached hydrogens (tertiary/aromatic N) is 1. The average molecular weight is 215 g/mol. The van der Waals surface area contributed by atoms with Crippen LogP contribution in [0.2, 0.25) is 0 Å². The number of aliphatic hydroxyl groups excluding tert-OH is 1. The third kappa shape index (κ3) is 1.40. The fraction of sp³-hybridized carbons (Fsp3) is 0.500. The second-order valence-electron chi connectivity index (χ2n) is 3.07. The van der Waals surface area contributed by atoms with E-state index in [1.165, 1.54) is 23.6 Å². The zero-order valence-corrected chi connectivity index (χ0v) is 8.28. The molecule has 0 unspecified atom stereocenters. The van der Waals surface area contributed by atoms with Gasteiger partial charge in [0.05, 0.1) is 11.8 Å². The Kier molecular flexibility index (Phi) is 2.24. The smallest absolute Gasteiger partial charge is 0.357 e. The number of thioether (sulfide) groups is 1. The van der Waals surface area contributed by atoms with Crippen molar-refractivity contribution in [3.63, 3.8) is 0 Å². The van der Waals surface area contributed by atoms with Crippen LogP contribution in [0.5, 0.6) is 0 Å². The number of β-lactam (4-membered cyclic amide) rings is 1. The maximum absolute atomic E-state index is 11.3. The van der Waals surface area contributed by atoms with Crippen molar-refractivity contribution in [2.45, 2.75) is 25.0 Å². The lowest BCUT2D eigenvalue weighted by atomic mass is 10.2. The largest absolute Gasteiger partial charge is 0.432 e. The summed E-state index contributed by atoms with van der Waals surface area (Å²) in [6.07, 6.45) is -0.684. The molecule has 6 heteroatoms. The Bertz CT molecular complexity index is 325. The summed E-state index contributed by atoms with van der Waals surface area (Å²) in [6.45, 7) is 1.34. The second kappa shape index (κ2) is 3.29. The summed E-state index contributed by atoms with van der Waals surface area (Å²) in [5.41, 5.74) is 0.233. The molecule has 0 radical (unpaired) electrons. The number of rotatable bonds is 2. The van der Waals surface area contributed by atoms with Gasteiger partial charge in [-0.3, -0.25) is 9.69 Å². The van der Waals surface area contributed by atoms with Gasteiger partial charge in [-0.05, 0) is 6.92 Å². The molecule has 0 aromatic heterocycles. The Balaban J connectivity index is 2.05. The van der Waals surface area contributed by atoms with E-state index in [1.807, 2.05) is 0 Å². The van der Waals surface area contributed by atoms with E-state index in [-0.39, 0.29) is 17.0 Å². The molecular weight excluding hydrogens is 206 g/mol. The Hall–Kier alpha value is -1.01. The van der Waals surface area contributed by atoms with Crippen molar-refractivity contribution in [2.75, 3.05) is 0 Å². The van der Waals surface area contributed by atoms with Gasteiger partial charge < -0.3 is 9.84 Å². The van der Waals surface area contributed by atoms with E-state index < -0.39 is 12.3 Å². The third-order valence-electron chi connectivity index (χ3n) is 1.99. The minimum Gasteiger partial charge on any atom is -0.432 e. The molecule has 2 atom stereocenters. The minimum absolute atomic E-state index is 0.0547. The third-order valence-corrected chi connectivity index (χ3v) is 3.04. The van der Waals surface area contributed by atoms with E-state index in [0.717, 1.165) is 0 Å². The van der Waals surface area contributed by atoms with Gasteiger partial charge in [0.15, 0.2) is 6.29 Å². The zero-order valence-electron chi connectivity index (χ0n) is 7.47. The topological polar surface area (TPSA) is 66.8 Å². The van der Waals surface area contributed by atoms with Crippen molar-refractivity contribution >= 4 is 23.6 Å². The molecule has 0 aromatic carbocycles. The number of aliphatic hydroxyl groups is 1. The Morgan fingerprint density at radius 2 is 2.57 bits per heavy atom. The lowest BCUT2D eigenvalue weighted by Gasteiger charge is -2.34. The number of amides is 1. The van der Waals surface area contributed by atoms with Crippen molar-refractivity contribution in [3.05, 3.63) is 11.1 Å². The molecule has 1 N–H and O–H groups in total. The van der Waals surface area contributed by atoms with Crippen LogP contribution in [-0.2, 0) is 14.3 Å². The van der Waals surface area contributed by atoms with Gasteiger partial charge >= 0.3 is 5.97 Å². The standard InChI is InChI=1S/C8H9NO4S/c1-4(10)13-8(12)5-3-14-7-2-6(11)9(5)7/h3-4,7,10H,2H2,1H3/t4-,7+/m1/s1. The van der Waals surface area contributed by atoms with Gasteiger partial charge in [-0.25, -0.2) is 4.79 Å². The number of fused-ring (bicyclic) bond motifs is 1. The average Bonchev–Trinajstić information content (AvgIpc) is 2.40. The first kappa shape index (κ1) is 9.54. The number of ether oxygens (including phenoxy) is 1. The number of esters is 1. The molecule has 76 valence electrons. The second-order valence-corrected chi connectivity index (χ2v) is 4.12. The van der Waals surface area contributed by atoms with E-state index in [2.05, 4.69) is 4.74 Å². The van der Waals surface area contributed by atoms with E-state index >= 15 is 0 Å². The highest BCUT2D eigenvalue weighted by Gasteiger charge is 2.45. The van der Waals surface area contributed by atoms with Crippen molar-refractivity contribution < 1.29 is 19.4 Å². The van der Waals surface area contributed by atoms with Crippen LogP contribution in [0.3, 0.4) is 0 Å². The van der Waals surface area contributed by atoms with Gasteiger partial charge in [0.25, 0.3) is 0 Å². The number of hydrogen-bond acceptors (Lipinski definition) is 5. The quantitative estimate of drug-likeness (QED) is 0.399.